The maximum atomic E-state index is 13.6. The number of halogens is 2. The second-order valence-corrected chi connectivity index (χ2v) is 10.8. The summed E-state index contributed by atoms with van der Waals surface area (Å²) >= 11 is 5.01. The number of amides is 3. The fraction of sp³-hybridized carbons (Fsp3) is 0.333. The van der Waals surface area contributed by atoms with Crippen molar-refractivity contribution in [3.63, 3.8) is 0 Å². The lowest BCUT2D eigenvalue weighted by atomic mass is 10.2. The molecule has 2 aromatic carbocycles. The van der Waals surface area contributed by atoms with E-state index in [-0.39, 0.29) is 30.4 Å². The Hall–Kier alpha value is -2.75. The first-order valence-corrected chi connectivity index (χ1v) is 13.5. The number of ether oxygens (including phenoxy) is 1. The van der Waals surface area contributed by atoms with E-state index in [1.807, 2.05) is 36.6 Å². The van der Waals surface area contributed by atoms with Crippen molar-refractivity contribution in [3.8, 4) is 0 Å². The van der Waals surface area contributed by atoms with Crippen LogP contribution in [0, 0.1) is 12.7 Å². The lowest BCUT2D eigenvalue weighted by Gasteiger charge is -2.29. The number of carbonyl (C=O) groups is 2. The van der Waals surface area contributed by atoms with Crippen LogP contribution in [0.3, 0.4) is 0 Å². The average Bonchev–Trinajstić information content (AvgIpc) is 3.51. The highest BCUT2D eigenvalue weighted by Gasteiger charge is 2.27. The van der Waals surface area contributed by atoms with E-state index >= 15 is 0 Å². The van der Waals surface area contributed by atoms with Crippen molar-refractivity contribution in [3.05, 3.63) is 86.3 Å². The Bertz CT molecular complexity index is 1180. The predicted molar refractivity (Wildman–Crippen MR) is 143 cm³/mol. The third-order valence-electron chi connectivity index (χ3n) is 6.08. The van der Waals surface area contributed by atoms with Gasteiger partial charge in [0.2, 0.25) is 5.91 Å². The third-order valence-corrected chi connectivity index (χ3v) is 7.58. The van der Waals surface area contributed by atoms with Crippen molar-refractivity contribution in [2.75, 3.05) is 25.0 Å². The molecule has 36 heavy (non-hydrogen) atoms. The Morgan fingerprint density at radius 1 is 1.14 bits per heavy atom. The van der Waals surface area contributed by atoms with Gasteiger partial charge in [0.25, 0.3) is 0 Å². The van der Waals surface area contributed by atoms with Crippen LogP contribution < -0.4 is 5.32 Å². The van der Waals surface area contributed by atoms with Gasteiger partial charge in [0.1, 0.15) is 12.4 Å². The molecule has 190 valence electrons. The Balaban J connectivity index is 1.52. The molecule has 9 heteroatoms. The first-order chi connectivity index (χ1) is 17.4. The van der Waals surface area contributed by atoms with Crippen LogP contribution in [0.25, 0.3) is 0 Å². The minimum atomic E-state index is -0.356. The summed E-state index contributed by atoms with van der Waals surface area (Å²) < 4.78 is 20.1. The molecule has 1 aromatic heterocycles. The van der Waals surface area contributed by atoms with Crippen LogP contribution in [-0.2, 0) is 22.6 Å². The van der Waals surface area contributed by atoms with Crippen molar-refractivity contribution < 1.29 is 18.7 Å². The van der Waals surface area contributed by atoms with Crippen molar-refractivity contribution >= 4 is 44.9 Å². The standard InChI is InChI=1S/C27H29BrFN3O3S/c1-19-11-13-36-25(19)17-31(15-20-7-9-22(29)10-8-20)26(33)18-32(16-24-6-3-12-35-24)27(34)30-23-5-2-4-21(28)14-23/h2,4-5,7-11,13-14,24H,3,6,12,15-18H2,1H3,(H,30,34)/t24-/m0/s1. The van der Waals surface area contributed by atoms with Crippen LogP contribution >= 0.6 is 27.3 Å². The number of hydrogen-bond donors (Lipinski definition) is 1. The number of hydrogen-bond acceptors (Lipinski definition) is 4. The van der Waals surface area contributed by atoms with Gasteiger partial charge in [-0.3, -0.25) is 4.79 Å². The highest BCUT2D eigenvalue weighted by molar-refractivity contribution is 9.10. The number of urea groups is 1. The largest absolute Gasteiger partial charge is 0.376 e. The van der Waals surface area contributed by atoms with E-state index in [1.54, 1.807) is 34.4 Å². The van der Waals surface area contributed by atoms with Gasteiger partial charge in [0.05, 0.1) is 12.6 Å². The SMILES string of the molecule is Cc1ccsc1CN(Cc1ccc(F)cc1)C(=O)CN(C[C@@H]1CCCO1)C(=O)Nc1cccc(Br)c1. The molecule has 1 aliphatic rings. The molecule has 2 heterocycles. The van der Waals surface area contributed by atoms with Crippen LogP contribution in [0.1, 0.15) is 28.8 Å². The molecule has 1 aliphatic heterocycles. The molecule has 3 aromatic rings. The van der Waals surface area contributed by atoms with Crippen molar-refractivity contribution in [2.24, 2.45) is 0 Å². The summed E-state index contributed by atoms with van der Waals surface area (Å²) in [6, 6.07) is 15.1. The molecule has 6 nitrogen and oxygen atoms in total. The third kappa shape index (κ3) is 7.38. The van der Waals surface area contributed by atoms with Gasteiger partial charge < -0.3 is 19.9 Å². The van der Waals surface area contributed by atoms with Gasteiger partial charge in [-0.15, -0.1) is 11.3 Å². The Morgan fingerprint density at radius 2 is 1.94 bits per heavy atom. The van der Waals surface area contributed by atoms with Crippen molar-refractivity contribution in [1.82, 2.24) is 9.80 Å². The Morgan fingerprint density at radius 3 is 2.61 bits per heavy atom. The second kappa shape index (κ2) is 12.5. The first kappa shape index (κ1) is 26.3. The smallest absolute Gasteiger partial charge is 0.322 e. The van der Waals surface area contributed by atoms with Crippen LogP contribution in [0.2, 0.25) is 0 Å². The number of anilines is 1. The summed E-state index contributed by atoms with van der Waals surface area (Å²) in [5.74, 6) is -0.507. The van der Waals surface area contributed by atoms with Crippen LogP contribution in [0.4, 0.5) is 14.9 Å². The van der Waals surface area contributed by atoms with E-state index in [4.69, 9.17) is 4.74 Å². The summed E-state index contributed by atoms with van der Waals surface area (Å²) in [5, 5.41) is 4.90. The fourth-order valence-corrected chi connectivity index (χ4v) is 5.39. The monoisotopic (exact) mass is 573 g/mol. The maximum Gasteiger partial charge on any atom is 0.322 e. The second-order valence-electron chi connectivity index (χ2n) is 8.86. The molecular weight excluding hydrogens is 545 g/mol. The van der Waals surface area contributed by atoms with Crippen molar-refractivity contribution in [2.45, 2.75) is 39.0 Å². The molecule has 1 N–H and O–H groups in total. The molecule has 0 spiro atoms. The van der Waals surface area contributed by atoms with Crippen LogP contribution in [0.15, 0.2) is 64.5 Å². The number of carbonyl (C=O) groups excluding carboxylic acids is 2. The number of nitrogens with one attached hydrogen (secondary N) is 1. The first-order valence-electron chi connectivity index (χ1n) is 11.9. The van der Waals surface area contributed by atoms with E-state index < -0.39 is 0 Å². The Labute approximate surface area is 223 Å². The zero-order valence-corrected chi connectivity index (χ0v) is 22.5. The summed E-state index contributed by atoms with van der Waals surface area (Å²) in [7, 11) is 0. The normalized spacial score (nSPS) is 15.0. The number of aryl methyl sites for hydroxylation is 1. The highest BCUT2D eigenvalue weighted by Crippen LogP contribution is 2.21. The average molecular weight is 575 g/mol. The zero-order valence-electron chi connectivity index (χ0n) is 20.1. The van der Waals surface area contributed by atoms with Crippen molar-refractivity contribution in [1.29, 1.82) is 0 Å². The van der Waals surface area contributed by atoms with Gasteiger partial charge in [0, 0.05) is 34.7 Å². The topological polar surface area (TPSA) is 61.9 Å². The molecular formula is C27H29BrFN3O3S. The van der Waals surface area contributed by atoms with E-state index in [1.165, 1.54) is 17.0 Å². The quantitative estimate of drug-likeness (QED) is 0.331. The summed E-state index contributed by atoms with van der Waals surface area (Å²) in [5.41, 5.74) is 2.57. The van der Waals surface area contributed by atoms with E-state index in [0.29, 0.717) is 31.9 Å². The van der Waals surface area contributed by atoms with E-state index in [2.05, 4.69) is 21.2 Å². The predicted octanol–water partition coefficient (Wildman–Crippen LogP) is 6.20. The minimum absolute atomic E-state index is 0.0920. The van der Waals surface area contributed by atoms with Gasteiger partial charge in [0.15, 0.2) is 0 Å². The number of rotatable bonds is 9. The number of thiophene rings is 1. The van der Waals surface area contributed by atoms with Gasteiger partial charge in [-0.05, 0) is 72.7 Å². The molecule has 0 unspecified atom stereocenters. The van der Waals surface area contributed by atoms with Crippen LogP contribution in [0.5, 0.6) is 0 Å². The number of nitrogens with zero attached hydrogens (tertiary/aromatic N) is 2. The molecule has 0 bridgehead atoms. The minimum Gasteiger partial charge on any atom is -0.376 e. The Kier molecular flexibility index (Phi) is 9.12. The zero-order chi connectivity index (χ0) is 25.5. The van der Waals surface area contributed by atoms with Gasteiger partial charge >= 0.3 is 6.03 Å². The highest BCUT2D eigenvalue weighted by atomic mass is 79.9. The molecule has 3 amide bonds. The molecule has 1 fully saturated rings. The summed E-state index contributed by atoms with van der Waals surface area (Å²) in [6.07, 6.45) is 1.69. The fourth-order valence-electron chi connectivity index (χ4n) is 4.07. The molecule has 1 atom stereocenters. The summed E-state index contributed by atoms with van der Waals surface area (Å²) in [6.45, 7) is 3.65. The van der Waals surface area contributed by atoms with Crippen LogP contribution in [-0.4, -0.2) is 47.5 Å². The van der Waals surface area contributed by atoms with Gasteiger partial charge in [-0.2, -0.15) is 0 Å². The molecule has 1 saturated heterocycles. The van der Waals surface area contributed by atoms with Gasteiger partial charge in [-0.25, -0.2) is 9.18 Å². The molecule has 0 saturated carbocycles. The van der Waals surface area contributed by atoms with E-state index in [0.717, 1.165) is 33.3 Å². The molecule has 4 rings (SSSR count). The van der Waals surface area contributed by atoms with E-state index in [9.17, 15) is 14.0 Å². The molecule has 0 aliphatic carbocycles. The maximum absolute atomic E-state index is 13.6. The molecule has 0 radical (unpaired) electrons. The van der Waals surface area contributed by atoms with Gasteiger partial charge in [-0.1, -0.05) is 34.1 Å². The number of benzene rings is 2. The summed E-state index contributed by atoms with van der Waals surface area (Å²) in [4.78, 5) is 31.2. The lowest BCUT2D eigenvalue weighted by Crippen LogP contribution is -2.46. The lowest BCUT2D eigenvalue weighted by molar-refractivity contribution is -0.133.